The van der Waals surface area contributed by atoms with Crippen LogP contribution in [0.4, 0.5) is 10.5 Å². The van der Waals surface area contributed by atoms with Gasteiger partial charge in [-0.3, -0.25) is 9.59 Å². The summed E-state index contributed by atoms with van der Waals surface area (Å²) in [5.41, 5.74) is 13.1. The number of hydrogen-bond donors (Lipinski definition) is 5. The Hall–Kier alpha value is -2.87. The zero-order chi connectivity index (χ0) is 20.4. The summed E-state index contributed by atoms with van der Waals surface area (Å²) in [6, 6.07) is 5.14. The topological polar surface area (TPSA) is 139 Å². The Morgan fingerprint density at radius 2 is 1.78 bits per heavy atom. The number of nitrogens with two attached hydrogens (primary N) is 2. The van der Waals surface area contributed by atoms with E-state index in [1.54, 1.807) is 6.92 Å². The molecule has 148 valence electrons. The van der Waals surface area contributed by atoms with Gasteiger partial charge in [-0.15, -0.1) is 0 Å². The van der Waals surface area contributed by atoms with Crippen molar-refractivity contribution in [3.8, 4) is 0 Å². The highest BCUT2D eigenvalue weighted by Crippen LogP contribution is 2.11. The Bertz CT molecular complexity index is 672. The normalized spacial score (nSPS) is 12.6. The molecule has 0 heterocycles. The molecule has 0 aromatic heterocycles. The summed E-state index contributed by atoms with van der Waals surface area (Å²) in [6.45, 7) is 7.65. The molecule has 0 aliphatic carbocycles. The molecule has 0 spiro atoms. The largest absolute Gasteiger partial charge is 0.352 e. The van der Waals surface area contributed by atoms with Crippen LogP contribution in [0.5, 0.6) is 0 Å². The van der Waals surface area contributed by atoms with Gasteiger partial charge in [0.1, 0.15) is 12.1 Å². The molecule has 0 aliphatic rings. The van der Waals surface area contributed by atoms with Crippen LogP contribution in [-0.4, -0.2) is 36.5 Å². The summed E-state index contributed by atoms with van der Waals surface area (Å²) >= 11 is 0. The number of hydrogen-bond acceptors (Lipinski definition) is 4. The van der Waals surface area contributed by atoms with E-state index in [-0.39, 0.29) is 5.91 Å². The van der Waals surface area contributed by atoms with Crippen molar-refractivity contribution < 1.29 is 14.4 Å². The highest BCUT2D eigenvalue weighted by molar-refractivity contribution is 5.98. The maximum Gasteiger partial charge on any atom is 0.312 e. The molecule has 0 unspecified atom stereocenters. The van der Waals surface area contributed by atoms with Crippen molar-refractivity contribution in [2.75, 3.05) is 11.9 Å². The molecule has 1 aromatic rings. The molecule has 0 saturated heterocycles. The van der Waals surface area contributed by atoms with E-state index in [2.05, 4.69) is 22.5 Å². The Morgan fingerprint density at radius 3 is 2.30 bits per heavy atom. The van der Waals surface area contributed by atoms with Crippen LogP contribution in [0.15, 0.2) is 36.4 Å². The molecule has 4 amide bonds. The summed E-state index contributed by atoms with van der Waals surface area (Å²) in [7, 11) is 0. The van der Waals surface area contributed by atoms with Crippen molar-refractivity contribution >= 4 is 23.5 Å². The van der Waals surface area contributed by atoms with E-state index in [0.29, 0.717) is 30.6 Å². The average molecular weight is 375 g/mol. The number of amides is 4. The quantitative estimate of drug-likeness (QED) is 0.308. The van der Waals surface area contributed by atoms with Crippen LogP contribution >= 0.6 is 0 Å². The van der Waals surface area contributed by atoms with Gasteiger partial charge in [0.25, 0.3) is 0 Å². The maximum atomic E-state index is 12.6. The van der Waals surface area contributed by atoms with Crippen molar-refractivity contribution in [3.63, 3.8) is 0 Å². The maximum absolute atomic E-state index is 12.6. The van der Waals surface area contributed by atoms with Crippen molar-refractivity contribution in [1.82, 2.24) is 10.6 Å². The first-order chi connectivity index (χ1) is 12.7. The average Bonchev–Trinajstić information content (AvgIpc) is 2.63. The molecule has 0 aliphatic heterocycles. The number of carbonyl (C=O) groups is 3. The molecule has 0 radical (unpaired) electrons. The fourth-order valence-electron chi connectivity index (χ4n) is 2.33. The Morgan fingerprint density at radius 1 is 1.15 bits per heavy atom. The van der Waals surface area contributed by atoms with E-state index in [9.17, 15) is 14.4 Å². The van der Waals surface area contributed by atoms with Crippen molar-refractivity contribution in [2.24, 2.45) is 11.5 Å². The highest BCUT2D eigenvalue weighted by atomic mass is 16.2. The molecule has 8 nitrogen and oxygen atoms in total. The predicted molar refractivity (Wildman–Crippen MR) is 106 cm³/mol. The van der Waals surface area contributed by atoms with Gasteiger partial charge in [0.15, 0.2) is 0 Å². The van der Waals surface area contributed by atoms with E-state index in [0.717, 1.165) is 12.0 Å². The van der Waals surface area contributed by atoms with E-state index >= 15 is 0 Å². The van der Waals surface area contributed by atoms with Crippen molar-refractivity contribution in [1.29, 1.82) is 0 Å². The lowest BCUT2D eigenvalue weighted by Crippen LogP contribution is -2.50. The van der Waals surface area contributed by atoms with Gasteiger partial charge in [-0.25, -0.2) is 4.79 Å². The molecule has 7 N–H and O–H groups in total. The molecule has 8 heteroatoms. The first kappa shape index (κ1) is 22.2. The number of benzene rings is 1. The molecule has 0 saturated carbocycles. The van der Waals surface area contributed by atoms with Crippen molar-refractivity contribution in [3.05, 3.63) is 42.0 Å². The molecule has 27 heavy (non-hydrogen) atoms. The molecule has 0 bridgehead atoms. The van der Waals surface area contributed by atoms with Gasteiger partial charge in [-0.1, -0.05) is 31.2 Å². The zero-order valence-corrected chi connectivity index (χ0v) is 15.9. The fraction of sp³-hybridized carbons (Fsp3) is 0.421. The SMILES string of the molecule is C=C(C)[C@H](N)C(=O)N[C@@H](CCCNC(N)=O)C(=O)Nc1ccc(CC)cc1. The van der Waals surface area contributed by atoms with E-state index in [1.807, 2.05) is 31.2 Å². The summed E-state index contributed by atoms with van der Waals surface area (Å²) in [5.74, 6) is -0.840. The lowest BCUT2D eigenvalue weighted by Gasteiger charge is -2.21. The number of aryl methyl sites for hydroxylation is 1. The summed E-state index contributed by atoms with van der Waals surface area (Å²) in [6.07, 6.45) is 1.67. The van der Waals surface area contributed by atoms with Gasteiger partial charge in [0, 0.05) is 12.2 Å². The standard InChI is InChI=1S/C19H29N5O3/c1-4-13-7-9-14(10-8-13)23-17(25)15(6-5-11-22-19(21)27)24-18(26)16(20)12(2)3/h7-10,15-16H,2,4-6,11,20H2,1,3H3,(H,23,25)(H,24,26)(H3,21,22,27)/t15-,16-/m0/s1. The third-order valence-corrected chi connectivity index (χ3v) is 4.04. The van der Waals surface area contributed by atoms with Gasteiger partial charge < -0.3 is 27.4 Å². The smallest absolute Gasteiger partial charge is 0.312 e. The lowest BCUT2D eigenvalue weighted by molar-refractivity contribution is -0.127. The van der Waals surface area contributed by atoms with Gasteiger partial charge in [0.2, 0.25) is 11.8 Å². The van der Waals surface area contributed by atoms with Crippen LogP contribution in [-0.2, 0) is 16.0 Å². The predicted octanol–water partition coefficient (Wildman–Crippen LogP) is 1.02. The van der Waals surface area contributed by atoms with Gasteiger partial charge in [-0.05, 0) is 43.9 Å². The Balaban J connectivity index is 2.76. The fourth-order valence-corrected chi connectivity index (χ4v) is 2.33. The van der Waals surface area contributed by atoms with E-state index in [1.165, 1.54) is 0 Å². The summed E-state index contributed by atoms with van der Waals surface area (Å²) in [4.78, 5) is 35.6. The highest BCUT2D eigenvalue weighted by Gasteiger charge is 2.24. The van der Waals surface area contributed by atoms with Crippen LogP contribution in [0.25, 0.3) is 0 Å². The number of primary amides is 1. The van der Waals surface area contributed by atoms with E-state index in [4.69, 9.17) is 11.5 Å². The number of urea groups is 1. The number of rotatable bonds is 10. The third-order valence-electron chi connectivity index (χ3n) is 4.04. The Labute approximate surface area is 159 Å². The van der Waals surface area contributed by atoms with E-state index < -0.39 is 24.0 Å². The molecular weight excluding hydrogens is 346 g/mol. The number of carbonyl (C=O) groups excluding carboxylic acids is 3. The molecule has 0 fully saturated rings. The third kappa shape index (κ3) is 7.91. The first-order valence-corrected chi connectivity index (χ1v) is 8.89. The van der Waals surface area contributed by atoms with Gasteiger partial charge in [0.05, 0.1) is 0 Å². The molecule has 1 aromatic carbocycles. The first-order valence-electron chi connectivity index (χ1n) is 8.89. The minimum absolute atomic E-state index is 0.298. The Kier molecular flexibility index (Phi) is 9.01. The summed E-state index contributed by atoms with van der Waals surface area (Å²) in [5, 5.41) is 7.89. The van der Waals surface area contributed by atoms with Crippen LogP contribution in [0.2, 0.25) is 0 Å². The second-order valence-corrected chi connectivity index (χ2v) is 6.36. The van der Waals surface area contributed by atoms with Crippen LogP contribution in [0.1, 0.15) is 32.3 Å². The molecular formula is C19H29N5O3. The van der Waals surface area contributed by atoms with Crippen LogP contribution in [0, 0.1) is 0 Å². The second-order valence-electron chi connectivity index (χ2n) is 6.36. The minimum Gasteiger partial charge on any atom is -0.352 e. The summed E-state index contributed by atoms with van der Waals surface area (Å²) < 4.78 is 0. The van der Waals surface area contributed by atoms with Crippen molar-refractivity contribution in [2.45, 2.75) is 45.2 Å². The monoisotopic (exact) mass is 375 g/mol. The lowest BCUT2D eigenvalue weighted by atomic mass is 10.1. The number of nitrogens with one attached hydrogen (secondary N) is 3. The van der Waals surface area contributed by atoms with Crippen LogP contribution in [0.3, 0.4) is 0 Å². The molecule has 1 rings (SSSR count). The second kappa shape index (κ2) is 11.0. The number of anilines is 1. The molecule has 2 atom stereocenters. The van der Waals surface area contributed by atoms with Crippen LogP contribution < -0.4 is 27.4 Å². The zero-order valence-electron chi connectivity index (χ0n) is 15.9. The van der Waals surface area contributed by atoms with Gasteiger partial charge >= 0.3 is 6.03 Å². The van der Waals surface area contributed by atoms with Gasteiger partial charge in [-0.2, -0.15) is 0 Å². The minimum atomic E-state index is -0.895.